The van der Waals surface area contributed by atoms with Gasteiger partial charge >= 0.3 is 6.18 Å². The molecular formula is C20H15BrF3N5O. The summed E-state index contributed by atoms with van der Waals surface area (Å²) in [5.74, 6) is -0.00195. The molecule has 0 radical (unpaired) electrons. The fourth-order valence-electron chi connectivity index (χ4n) is 3.89. The van der Waals surface area contributed by atoms with Crippen LogP contribution in [0.1, 0.15) is 37.3 Å². The van der Waals surface area contributed by atoms with Gasteiger partial charge in [0.1, 0.15) is 5.52 Å². The summed E-state index contributed by atoms with van der Waals surface area (Å²) in [4.78, 5) is 4.20. The van der Waals surface area contributed by atoms with Gasteiger partial charge < -0.3 is 4.52 Å². The molecule has 30 heavy (non-hydrogen) atoms. The second-order valence-corrected chi connectivity index (χ2v) is 8.20. The Bertz CT molecular complexity index is 1230. The largest absolute Gasteiger partial charge is 0.417 e. The van der Waals surface area contributed by atoms with Crippen molar-refractivity contribution in [1.29, 1.82) is 0 Å². The molecule has 6 nitrogen and oxygen atoms in total. The van der Waals surface area contributed by atoms with Crippen LogP contribution in [0.5, 0.6) is 0 Å². The minimum atomic E-state index is -4.54. The Morgan fingerprint density at radius 2 is 1.87 bits per heavy atom. The van der Waals surface area contributed by atoms with E-state index in [2.05, 4.69) is 36.4 Å². The Hall–Kier alpha value is -2.75. The van der Waals surface area contributed by atoms with Crippen LogP contribution in [0.3, 0.4) is 0 Å². The molecule has 2 aromatic heterocycles. The van der Waals surface area contributed by atoms with Crippen LogP contribution in [-0.2, 0) is 6.18 Å². The molecule has 154 valence electrons. The van der Waals surface area contributed by atoms with Gasteiger partial charge in [-0.15, -0.1) is 5.10 Å². The number of benzene rings is 2. The van der Waals surface area contributed by atoms with Crippen LogP contribution in [-0.4, -0.2) is 25.1 Å². The zero-order valence-electron chi connectivity index (χ0n) is 15.5. The minimum Gasteiger partial charge on any atom is -0.334 e. The lowest BCUT2D eigenvalue weighted by Gasteiger charge is -2.10. The maximum Gasteiger partial charge on any atom is 0.417 e. The normalized spacial score (nSPS) is 15.3. The highest BCUT2D eigenvalue weighted by Gasteiger charge is 2.35. The topological polar surface area (TPSA) is 69.6 Å². The first-order chi connectivity index (χ1) is 14.4. The molecule has 0 amide bonds. The molecule has 5 rings (SSSR count). The van der Waals surface area contributed by atoms with Crippen LogP contribution in [0.4, 0.5) is 13.2 Å². The van der Waals surface area contributed by atoms with Crippen LogP contribution in [0.15, 0.2) is 45.4 Å². The van der Waals surface area contributed by atoms with Crippen molar-refractivity contribution in [3.8, 4) is 22.8 Å². The molecule has 1 saturated carbocycles. The SMILES string of the molecule is FC(F)(F)c1cc(Br)ccc1-c1noc(-c2ccc3c(c2)nnn3C2CCCC2)n1. The van der Waals surface area contributed by atoms with E-state index < -0.39 is 11.7 Å². The lowest BCUT2D eigenvalue weighted by atomic mass is 10.1. The van der Waals surface area contributed by atoms with Gasteiger partial charge in [0.25, 0.3) is 5.89 Å². The van der Waals surface area contributed by atoms with E-state index in [9.17, 15) is 13.2 Å². The van der Waals surface area contributed by atoms with E-state index in [1.165, 1.54) is 25.0 Å². The van der Waals surface area contributed by atoms with Crippen molar-refractivity contribution in [3.05, 3.63) is 46.4 Å². The summed E-state index contributed by atoms with van der Waals surface area (Å²) in [6, 6.07) is 9.62. The Morgan fingerprint density at radius 3 is 2.63 bits per heavy atom. The highest BCUT2D eigenvalue weighted by Crippen LogP contribution is 2.38. The second-order valence-electron chi connectivity index (χ2n) is 7.29. The van der Waals surface area contributed by atoms with E-state index in [1.807, 2.05) is 10.7 Å². The molecule has 0 spiro atoms. The predicted octanol–water partition coefficient (Wildman–Crippen LogP) is 6.04. The number of fused-ring (bicyclic) bond motifs is 1. The fourth-order valence-corrected chi connectivity index (χ4v) is 4.25. The van der Waals surface area contributed by atoms with Crippen molar-refractivity contribution in [2.75, 3.05) is 0 Å². The monoisotopic (exact) mass is 477 g/mol. The second kappa shape index (κ2) is 7.19. The predicted molar refractivity (Wildman–Crippen MR) is 106 cm³/mol. The average Bonchev–Trinajstić information content (AvgIpc) is 3.46. The summed E-state index contributed by atoms with van der Waals surface area (Å²) in [6.07, 6.45) is -0.00283. The van der Waals surface area contributed by atoms with Crippen molar-refractivity contribution in [3.63, 3.8) is 0 Å². The summed E-state index contributed by atoms with van der Waals surface area (Å²) in [7, 11) is 0. The summed E-state index contributed by atoms with van der Waals surface area (Å²) in [5.41, 5.74) is 1.19. The molecule has 0 saturated heterocycles. The van der Waals surface area contributed by atoms with Crippen molar-refractivity contribution in [2.24, 2.45) is 0 Å². The number of hydrogen-bond acceptors (Lipinski definition) is 5. The zero-order chi connectivity index (χ0) is 20.9. The first-order valence-electron chi connectivity index (χ1n) is 9.46. The van der Waals surface area contributed by atoms with Crippen LogP contribution >= 0.6 is 15.9 Å². The smallest absolute Gasteiger partial charge is 0.334 e. The summed E-state index contributed by atoms with van der Waals surface area (Å²) < 4.78 is 47.8. The van der Waals surface area contributed by atoms with Crippen molar-refractivity contribution >= 4 is 27.0 Å². The van der Waals surface area contributed by atoms with E-state index in [0.29, 0.717) is 21.6 Å². The van der Waals surface area contributed by atoms with Crippen LogP contribution < -0.4 is 0 Å². The molecule has 1 aliphatic carbocycles. The molecule has 0 atom stereocenters. The standard InChI is InChI=1S/C20H15BrF3N5O/c21-12-6-7-14(15(10-12)20(22,23)24)18-25-19(30-27-18)11-5-8-17-16(9-11)26-28-29(17)13-3-1-2-4-13/h5-10,13H,1-4H2. The Balaban J connectivity index is 1.51. The van der Waals surface area contributed by atoms with Crippen LogP contribution in [0.2, 0.25) is 0 Å². The minimum absolute atomic E-state index is 0.123. The Labute approximate surface area is 177 Å². The highest BCUT2D eigenvalue weighted by atomic mass is 79.9. The van der Waals surface area contributed by atoms with Crippen molar-refractivity contribution in [2.45, 2.75) is 37.9 Å². The first kappa shape index (κ1) is 19.2. The summed E-state index contributed by atoms with van der Waals surface area (Å²) in [5, 5.41) is 12.3. The van der Waals surface area contributed by atoms with Gasteiger partial charge in [-0.1, -0.05) is 39.1 Å². The molecule has 0 unspecified atom stereocenters. The molecule has 10 heteroatoms. The molecule has 0 bridgehead atoms. The number of hydrogen-bond donors (Lipinski definition) is 0. The maximum absolute atomic E-state index is 13.4. The number of nitrogens with zero attached hydrogens (tertiary/aromatic N) is 5. The third-order valence-corrected chi connectivity index (χ3v) is 5.84. The number of halogens is 4. The van der Waals surface area contributed by atoms with Crippen LogP contribution in [0.25, 0.3) is 33.9 Å². The Morgan fingerprint density at radius 1 is 1.07 bits per heavy atom. The molecule has 0 N–H and O–H groups in total. The van der Waals surface area contributed by atoms with Gasteiger partial charge in [0.15, 0.2) is 0 Å². The van der Waals surface area contributed by atoms with Gasteiger partial charge in [-0.25, -0.2) is 4.68 Å². The lowest BCUT2D eigenvalue weighted by Crippen LogP contribution is -2.07. The van der Waals surface area contributed by atoms with E-state index in [0.717, 1.165) is 24.4 Å². The first-order valence-corrected chi connectivity index (χ1v) is 10.3. The molecule has 1 aliphatic rings. The van der Waals surface area contributed by atoms with E-state index in [-0.39, 0.29) is 17.3 Å². The highest BCUT2D eigenvalue weighted by molar-refractivity contribution is 9.10. The fraction of sp³-hybridized carbons (Fsp3) is 0.300. The molecule has 0 aliphatic heterocycles. The molecule has 2 aromatic carbocycles. The van der Waals surface area contributed by atoms with Gasteiger partial charge in [-0.3, -0.25) is 0 Å². The van der Waals surface area contributed by atoms with E-state index in [4.69, 9.17) is 4.52 Å². The van der Waals surface area contributed by atoms with Gasteiger partial charge in [-0.2, -0.15) is 18.2 Å². The summed E-state index contributed by atoms with van der Waals surface area (Å²) >= 11 is 3.07. The van der Waals surface area contributed by atoms with Gasteiger partial charge in [0, 0.05) is 15.6 Å². The molecule has 2 heterocycles. The van der Waals surface area contributed by atoms with Crippen molar-refractivity contribution in [1.82, 2.24) is 25.1 Å². The molecule has 1 fully saturated rings. The van der Waals surface area contributed by atoms with E-state index in [1.54, 1.807) is 12.1 Å². The third-order valence-electron chi connectivity index (χ3n) is 5.34. The lowest BCUT2D eigenvalue weighted by molar-refractivity contribution is -0.137. The third kappa shape index (κ3) is 3.38. The molecular weight excluding hydrogens is 463 g/mol. The average molecular weight is 478 g/mol. The van der Waals surface area contributed by atoms with Gasteiger partial charge in [0.05, 0.1) is 17.1 Å². The number of alkyl halides is 3. The maximum atomic E-state index is 13.4. The van der Waals surface area contributed by atoms with Crippen molar-refractivity contribution < 1.29 is 17.7 Å². The molecule has 4 aromatic rings. The quantitative estimate of drug-likeness (QED) is 0.359. The Kier molecular flexibility index (Phi) is 4.61. The number of aromatic nitrogens is 5. The summed E-state index contributed by atoms with van der Waals surface area (Å²) in [6.45, 7) is 0. The zero-order valence-corrected chi connectivity index (χ0v) is 17.1. The number of rotatable bonds is 3. The van der Waals surface area contributed by atoms with E-state index >= 15 is 0 Å². The van der Waals surface area contributed by atoms with Gasteiger partial charge in [-0.05, 0) is 49.2 Å². The van der Waals surface area contributed by atoms with Gasteiger partial charge in [0.2, 0.25) is 5.82 Å². The van der Waals surface area contributed by atoms with Crippen LogP contribution in [0, 0.1) is 0 Å².